The molecule has 0 aliphatic carbocycles. The summed E-state index contributed by atoms with van der Waals surface area (Å²) in [6, 6.07) is 14.3. The van der Waals surface area contributed by atoms with E-state index in [1.807, 2.05) is 54.8 Å². The number of benzene rings is 1. The zero-order chi connectivity index (χ0) is 10.3. The first kappa shape index (κ1) is 9.53. The second kappa shape index (κ2) is 5.01. The van der Waals surface area contributed by atoms with Crippen LogP contribution >= 0.6 is 0 Å². The quantitative estimate of drug-likeness (QED) is 0.718. The average Bonchev–Trinajstić information content (AvgIpc) is 2.79. The van der Waals surface area contributed by atoms with Crippen molar-refractivity contribution in [3.05, 3.63) is 72.1 Å². The highest BCUT2D eigenvalue weighted by molar-refractivity contribution is 5.55. The molecule has 0 unspecified atom stereocenters. The van der Waals surface area contributed by atoms with Crippen molar-refractivity contribution in [3.8, 4) is 0 Å². The van der Waals surface area contributed by atoms with Crippen LogP contribution in [0.3, 0.4) is 0 Å². The second-order valence-corrected chi connectivity index (χ2v) is 3.25. The van der Waals surface area contributed by atoms with Crippen LogP contribution in [0.5, 0.6) is 0 Å². The maximum atomic E-state index is 3.12. The molecule has 0 saturated carbocycles. The van der Waals surface area contributed by atoms with E-state index in [1.165, 1.54) is 5.56 Å². The normalized spacial score (nSPS) is 11.5. The van der Waals surface area contributed by atoms with Gasteiger partial charge in [0.25, 0.3) is 0 Å². The van der Waals surface area contributed by atoms with Gasteiger partial charge in [-0.2, -0.15) is 0 Å². The molecule has 0 amide bonds. The Morgan fingerprint density at radius 3 is 2.33 bits per heavy atom. The molecule has 1 nitrogen and oxygen atoms in total. The molecule has 0 aliphatic rings. The minimum Gasteiger partial charge on any atom is -0.362 e. The zero-order valence-corrected chi connectivity index (χ0v) is 8.43. The fraction of sp³-hybridized carbons (Fsp3) is 0. The highest BCUT2D eigenvalue weighted by Gasteiger charge is 1.82. The fourth-order valence-electron chi connectivity index (χ4n) is 1.34. The second-order valence-electron chi connectivity index (χ2n) is 3.25. The van der Waals surface area contributed by atoms with Crippen molar-refractivity contribution in [2.45, 2.75) is 0 Å². The van der Waals surface area contributed by atoms with Gasteiger partial charge in [-0.1, -0.05) is 48.6 Å². The summed E-state index contributed by atoms with van der Waals surface area (Å²) in [7, 11) is 0. The number of aromatic nitrogens is 1. The maximum absolute atomic E-state index is 3.12. The summed E-state index contributed by atoms with van der Waals surface area (Å²) in [6.07, 6.45) is 10.1. The van der Waals surface area contributed by atoms with Crippen LogP contribution in [0.25, 0.3) is 12.2 Å². The van der Waals surface area contributed by atoms with Gasteiger partial charge in [0.15, 0.2) is 0 Å². The Morgan fingerprint density at radius 2 is 1.60 bits per heavy atom. The third-order valence-corrected chi connectivity index (χ3v) is 2.10. The molecule has 0 saturated heterocycles. The van der Waals surface area contributed by atoms with Crippen LogP contribution in [0.1, 0.15) is 11.3 Å². The predicted octanol–water partition coefficient (Wildman–Crippen LogP) is 3.74. The number of H-pyrrole nitrogens is 1. The van der Waals surface area contributed by atoms with Gasteiger partial charge in [0.1, 0.15) is 0 Å². The van der Waals surface area contributed by atoms with E-state index in [4.69, 9.17) is 0 Å². The molecular formula is C14H13N. The Morgan fingerprint density at radius 1 is 0.800 bits per heavy atom. The standard InChI is InChI=1S/C14H13N/c1-2-7-13(8-3-1)9-4-5-10-14-11-6-12-15-14/h1-12,15H. The Kier molecular flexibility index (Phi) is 3.18. The van der Waals surface area contributed by atoms with E-state index < -0.39 is 0 Å². The summed E-state index contributed by atoms with van der Waals surface area (Å²) in [5.74, 6) is 0. The number of aromatic amines is 1. The van der Waals surface area contributed by atoms with Crippen LogP contribution in [0.4, 0.5) is 0 Å². The van der Waals surface area contributed by atoms with E-state index in [0.29, 0.717) is 0 Å². The molecule has 0 aliphatic heterocycles. The molecule has 1 aromatic carbocycles. The van der Waals surface area contributed by atoms with E-state index in [1.54, 1.807) is 0 Å². The molecule has 0 radical (unpaired) electrons. The Balaban J connectivity index is 1.96. The smallest absolute Gasteiger partial charge is 0.0380 e. The third kappa shape index (κ3) is 2.99. The van der Waals surface area contributed by atoms with Gasteiger partial charge in [0.2, 0.25) is 0 Å². The van der Waals surface area contributed by atoms with Crippen LogP contribution in [0.15, 0.2) is 60.8 Å². The molecule has 15 heavy (non-hydrogen) atoms. The predicted molar refractivity (Wildman–Crippen MR) is 65.3 cm³/mol. The van der Waals surface area contributed by atoms with Gasteiger partial charge in [-0.05, 0) is 23.8 Å². The molecule has 1 aromatic heterocycles. The summed E-state index contributed by atoms with van der Waals surface area (Å²) in [4.78, 5) is 3.12. The number of hydrogen-bond donors (Lipinski definition) is 1. The van der Waals surface area contributed by atoms with Gasteiger partial charge in [0.05, 0.1) is 0 Å². The molecule has 74 valence electrons. The van der Waals surface area contributed by atoms with Crippen molar-refractivity contribution >= 4 is 12.2 Å². The number of nitrogens with one attached hydrogen (secondary N) is 1. The molecule has 1 heteroatoms. The highest BCUT2D eigenvalue weighted by atomic mass is 14.7. The van der Waals surface area contributed by atoms with Crippen LogP contribution in [0.2, 0.25) is 0 Å². The Labute approximate surface area is 89.8 Å². The molecule has 0 atom stereocenters. The monoisotopic (exact) mass is 195 g/mol. The van der Waals surface area contributed by atoms with Crippen molar-refractivity contribution in [2.24, 2.45) is 0 Å². The highest BCUT2D eigenvalue weighted by Crippen LogP contribution is 2.02. The molecule has 2 aromatic rings. The van der Waals surface area contributed by atoms with E-state index in [0.717, 1.165) is 5.69 Å². The molecule has 0 spiro atoms. The molecular weight excluding hydrogens is 182 g/mol. The van der Waals surface area contributed by atoms with Crippen molar-refractivity contribution in [1.29, 1.82) is 0 Å². The Bertz CT molecular complexity index is 435. The molecule has 1 heterocycles. The minimum absolute atomic E-state index is 1.12. The summed E-state index contributed by atoms with van der Waals surface area (Å²) in [6.45, 7) is 0. The van der Waals surface area contributed by atoms with Gasteiger partial charge in [-0.25, -0.2) is 0 Å². The first-order valence-electron chi connectivity index (χ1n) is 4.98. The van der Waals surface area contributed by atoms with Crippen LogP contribution in [0, 0.1) is 0 Å². The maximum Gasteiger partial charge on any atom is 0.0380 e. The summed E-state index contributed by atoms with van der Waals surface area (Å²) >= 11 is 0. The van der Waals surface area contributed by atoms with Gasteiger partial charge in [-0.15, -0.1) is 0 Å². The van der Waals surface area contributed by atoms with Crippen LogP contribution in [-0.4, -0.2) is 4.98 Å². The first-order valence-corrected chi connectivity index (χ1v) is 4.98. The SMILES string of the molecule is C(C=Cc1ccc[nH]1)=Cc1ccccc1. The van der Waals surface area contributed by atoms with Gasteiger partial charge in [0, 0.05) is 11.9 Å². The van der Waals surface area contributed by atoms with Crippen molar-refractivity contribution < 1.29 is 0 Å². The number of hydrogen-bond acceptors (Lipinski definition) is 0. The van der Waals surface area contributed by atoms with Gasteiger partial charge < -0.3 is 4.98 Å². The van der Waals surface area contributed by atoms with E-state index in [-0.39, 0.29) is 0 Å². The summed E-state index contributed by atoms with van der Waals surface area (Å²) < 4.78 is 0. The first-order chi connectivity index (χ1) is 7.45. The number of allylic oxidation sites excluding steroid dienone is 2. The lowest BCUT2D eigenvalue weighted by Crippen LogP contribution is -1.67. The summed E-state index contributed by atoms with van der Waals surface area (Å²) in [5, 5.41) is 0. The fourth-order valence-corrected chi connectivity index (χ4v) is 1.34. The minimum atomic E-state index is 1.12. The van der Waals surface area contributed by atoms with Crippen LogP contribution in [-0.2, 0) is 0 Å². The molecule has 0 bridgehead atoms. The van der Waals surface area contributed by atoms with Crippen molar-refractivity contribution in [2.75, 3.05) is 0 Å². The average molecular weight is 195 g/mol. The lowest BCUT2D eigenvalue weighted by molar-refractivity contribution is 1.38. The lowest BCUT2D eigenvalue weighted by Gasteiger charge is -1.88. The van der Waals surface area contributed by atoms with E-state index in [9.17, 15) is 0 Å². The zero-order valence-electron chi connectivity index (χ0n) is 8.43. The van der Waals surface area contributed by atoms with Crippen LogP contribution < -0.4 is 0 Å². The molecule has 0 fully saturated rings. The lowest BCUT2D eigenvalue weighted by atomic mass is 10.2. The van der Waals surface area contributed by atoms with E-state index in [2.05, 4.69) is 23.2 Å². The number of rotatable bonds is 3. The largest absolute Gasteiger partial charge is 0.362 e. The molecule has 1 N–H and O–H groups in total. The van der Waals surface area contributed by atoms with Gasteiger partial charge >= 0.3 is 0 Å². The summed E-state index contributed by atoms with van der Waals surface area (Å²) in [5.41, 5.74) is 2.33. The van der Waals surface area contributed by atoms with Crippen molar-refractivity contribution in [1.82, 2.24) is 4.98 Å². The van der Waals surface area contributed by atoms with Crippen molar-refractivity contribution in [3.63, 3.8) is 0 Å². The Hall–Kier alpha value is -2.02. The third-order valence-electron chi connectivity index (χ3n) is 2.10. The van der Waals surface area contributed by atoms with E-state index >= 15 is 0 Å². The topological polar surface area (TPSA) is 15.8 Å². The molecule has 2 rings (SSSR count). The van der Waals surface area contributed by atoms with Gasteiger partial charge in [-0.3, -0.25) is 0 Å².